The fourth-order valence-electron chi connectivity index (χ4n) is 2.17. The molecular formula is C15H22ClN5. The van der Waals surface area contributed by atoms with Crippen LogP contribution in [0.4, 0.5) is 0 Å². The molecule has 0 aliphatic carbocycles. The van der Waals surface area contributed by atoms with Crippen molar-refractivity contribution in [3.8, 4) is 0 Å². The Bertz CT molecular complexity index is 581. The summed E-state index contributed by atoms with van der Waals surface area (Å²) in [6, 6.07) is 7.93. The van der Waals surface area contributed by atoms with E-state index in [-0.39, 0.29) is 12.1 Å². The summed E-state index contributed by atoms with van der Waals surface area (Å²) in [4.78, 5) is 0. The first-order valence-corrected chi connectivity index (χ1v) is 7.63. The topological polar surface area (TPSA) is 55.6 Å². The second kappa shape index (κ2) is 7.00. The molecule has 1 aromatic heterocycles. The van der Waals surface area contributed by atoms with E-state index in [9.17, 15) is 0 Å². The maximum atomic E-state index is 6.06. The molecule has 2 rings (SSSR count). The fourth-order valence-corrected chi connectivity index (χ4v) is 2.37. The number of benzene rings is 1. The minimum absolute atomic E-state index is 0.0389. The summed E-state index contributed by atoms with van der Waals surface area (Å²) in [5, 5.41) is 16.3. The van der Waals surface area contributed by atoms with Gasteiger partial charge in [0.05, 0.1) is 12.1 Å². The van der Waals surface area contributed by atoms with Crippen molar-refractivity contribution >= 4 is 11.6 Å². The predicted molar refractivity (Wildman–Crippen MR) is 84.3 cm³/mol. The van der Waals surface area contributed by atoms with E-state index in [1.54, 1.807) is 0 Å². The van der Waals surface area contributed by atoms with Crippen LogP contribution < -0.4 is 5.32 Å². The second-order valence-electron chi connectivity index (χ2n) is 5.74. The first-order chi connectivity index (χ1) is 9.99. The van der Waals surface area contributed by atoms with Crippen molar-refractivity contribution in [2.75, 3.05) is 6.54 Å². The molecule has 0 spiro atoms. The Labute approximate surface area is 130 Å². The highest BCUT2D eigenvalue weighted by Crippen LogP contribution is 2.22. The van der Waals surface area contributed by atoms with E-state index >= 15 is 0 Å². The number of rotatable bonds is 6. The van der Waals surface area contributed by atoms with Crippen molar-refractivity contribution in [2.24, 2.45) is 5.92 Å². The van der Waals surface area contributed by atoms with Gasteiger partial charge in [0.15, 0.2) is 5.82 Å². The molecule has 5 nitrogen and oxygen atoms in total. The number of hydrogen-bond acceptors (Lipinski definition) is 4. The smallest absolute Gasteiger partial charge is 0.168 e. The molecule has 0 bridgehead atoms. The molecule has 0 saturated carbocycles. The third-order valence-corrected chi connectivity index (χ3v) is 3.67. The van der Waals surface area contributed by atoms with Gasteiger partial charge in [-0.1, -0.05) is 37.6 Å². The highest BCUT2D eigenvalue weighted by molar-refractivity contribution is 6.30. The zero-order chi connectivity index (χ0) is 15.4. The third-order valence-electron chi connectivity index (χ3n) is 3.44. The van der Waals surface area contributed by atoms with Crippen LogP contribution >= 0.6 is 11.6 Å². The summed E-state index contributed by atoms with van der Waals surface area (Å²) in [6.45, 7) is 9.43. The van der Waals surface area contributed by atoms with E-state index in [2.05, 4.69) is 48.5 Å². The second-order valence-corrected chi connectivity index (χ2v) is 6.17. The molecule has 6 heteroatoms. The highest BCUT2D eigenvalue weighted by Gasteiger charge is 2.19. The average molecular weight is 308 g/mol. The van der Waals surface area contributed by atoms with E-state index in [4.69, 9.17) is 11.6 Å². The van der Waals surface area contributed by atoms with Crippen molar-refractivity contribution in [1.29, 1.82) is 0 Å². The molecule has 0 saturated heterocycles. The Morgan fingerprint density at radius 3 is 2.67 bits per heavy atom. The van der Waals surface area contributed by atoms with Crippen molar-refractivity contribution in [3.05, 3.63) is 40.7 Å². The monoisotopic (exact) mass is 307 g/mol. The molecule has 114 valence electrons. The van der Waals surface area contributed by atoms with E-state index in [1.165, 1.54) is 0 Å². The average Bonchev–Trinajstić information content (AvgIpc) is 2.93. The molecule has 0 amide bonds. The van der Waals surface area contributed by atoms with E-state index in [1.807, 2.05) is 28.9 Å². The summed E-state index contributed by atoms with van der Waals surface area (Å²) in [5.41, 5.74) is 1.09. The maximum absolute atomic E-state index is 6.06. The van der Waals surface area contributed by atoms with Crippen molar-refractivity contribution in [1.82, 2.24) is 25.5 Å². The highest BCUT2D eigenvalue weighted by atomic mass is 35.5. The Morgan fingerprint density at radius 1 is 1.24 bits per heavy atom. The van der Waals surface area contributed by atoms with Crippen LogP contribution in [0.15, 0.2) is 24.3 Å². The molecule has 0 radical (unpaired) electrons. The van der Waals surface area contributed by atoms with Crippen LogP contribution in [0.3, 0.4) is 0 Å². The molecule has 2 aromatic rings. The van der Waals surface area contributed by atoms with Gasteiger partial charge in [0.25, 0.3) is 0 Å². The molecule has 0 fully saturated rings. The first-order valence-electron chi connectivity index (χ1n) is 7.25. The number of halogens is 1. The quantitative estimate of drug-likeness (QED) is 0.890. The summed E-state index contributed by atoms with van der Waals surface area (Å²) in [5.74, 6) is 1.42. The zero-order valence-corrected chi connectivity index (χ0v) is 13.7. The molecule has 21 heavy (non-hydrogen) atoms. The van der Waals surface area contributed by atoms with Crippen LogP contribution in [0.2, 0.25) is 5.02 Å². The Kier molecular flexibility index (Phi) is 5.31. The van der Waals surface area contributed by atoms with Gasteiger partial charge in [-0.25, -0.2) is 4.68 Å². The van der Waals surface area contributed by atoms with Gasteiger partial charge < -0.3 is 5.32 Å². The summed E-state index contributed by atoms with van der Waals surface area (Å²) >= 11 is 6.06. The van der Waals surface area contributed by atoms with Gasteiger partial charge in [0, 0.05) is 5.02 Å². The fraction of sp³-hybridized carbons (Fsp3) is 0.533. The van der Waals surface area contributed by atoms with E-state index in [0.717, 1.165) is 23.0 Å². The zero-order valence-electron chi connectivity index (χ0n) is 12.9. The first kappa shape index (κ1) is 15.9. The van der Waals surface area contributed by atoms with E-state index < -0.39 is 0 Å². The number of nitrogens with one attached hydrogen (secondary N) is 1. The number of tetrazole rings is 1. The minimum atomic E-state index is 0.0389. The molecule has 1 N–H and O–H groups in total. The van der Waals surface area contributed by atoms with Crippen LogP contribution in [0.25, 0.3) is 0 Å². The normalized spacial score (nSPS) is 14.4. The lowest BCUT2D eigenvalue weighted by molar-refractivity contribution is 0.440. The largest absolute Gasteiger partial charge is 0.307 e. The Hall–Kier alpha value is -1.46. The number of nitrogens with zero attached hydrogens (tertiary/aromatic N) is 4. The van der Waals surface area contributed by atoms with Crippen molar-refractivity contribution in [2.45, 2.75) is 39.8 Å². The van der Waals surface area contributed by atoms with Gasteiger partial charge in [-0.05, 0) is 54.4 Å². The van der Waals surface area contributed by atoms with Crippen molar-refractivity contribution < 1.29 is 0 Å². The molecular weight excluding hydrogens is 286 g/mol. The predicted octanol–water partition coefficient (Wildman–Crippen LogP) is 3.24. The lowest BCUT2D eigenvalue weighted by Crippen LogP contribution is -2.27. The lowest BCUT2D eigenvalue weighted by atomic mass is 10.1. The lowest BCUT2D eigenvalue weighted by Gasteiger charge is -2.19. The Balaban J connectivity index is 2.19. The third kappa shape index (κ3) is 4.02. The minimum Gasteiger partial charge on any atom is -0.307 e. The molecule has 0 aliphatic rings. The maximum Gasteiger partial charge on any atom is 0.168 e. The van der Waals surface area contributed by atoms with Gasteiger partial charge in [-0.2, -0.15) is 0 Å². The van der Waals surface area contributed by atoms with Crippen LogP contribution in [-0.4, -0.2) is 26.8 Å². The SMILES string of the molecule is CC(C)CNC(C)c1nnnn1C(C)c1cccc(Cl)c1. The van der Waals surface area contributed by atoms with Gasteiger partial charge in [0.2, 0.25) is 0 Å². The molecule has 0 aliphatic heterocycles. The summed E-state index contributed by atoms with van der Waals surface area (Å²) < 4.78 is 1.85. The molecule has 1 aromatic carbocycles. The Morgan fingerprint density at radius 2 is 2.00 bits per heavy atom. The van der Waals surface area contributed by atoms with Gasteiger partial charge in [0.1, 0.15) is 0 Å². The molecule has 2 unspecified atom stereocenters. The standard InChI is InChI=1S/C15H22ClN5/c1-10(2)9-17-11(3)15-18-19-20-21(15)12(4)13-6-5-7-14(16)8-13/h5-8,10-12,17H,9H2,1-4H3. The molecule has 1 heterocycles. The number of aromatic nitrogens is 4. The van der Waals surface area contributed by atoms with Crippen LogP contribution in [0, 0.1) is 5.92 Å². The number of hydrogen-bond donors (Lipinski definition) is 1. The van der Waals surface area contributed by atoms with Gasteiger partial charge in [-0.15, -0.1) is 5.10 Å². The molecule has 2 atom stereocenters. The van der Waals surface area contributed by atoms with Crippen LogP contribution in [0.1, 0.15) is 51.2 Å². The summed E-state index contributed by atoms with van der Waals surface area (Å²) in [7, 11) is 0. The summed E-state index contributed by atoms with van der Waals surface area (Å²) in [6.07, 6.45) is 0. The van der Waals surface area contributed by atoms with Crippen LogP contribution in [-0.2, 0) is 0 Å². The van der Waals surface area contributed by atoms with Crippen molar-refractivity contribution in [3.63, 3.8) is 0 Å². The van der Waals surface area contributed by atoms with E-state index in [0.29, 0.717) is 5.92 Å². The van der Waals surface area contributed by atoms with Gasteiger partial charge >= 0.3 is 0 Å². The van der Waals surface area contributed by atoms with Gasteiger partial charge in [-0.3, -0.25) is 0 Å². The van der Waals surface area contributed by atoms with Crippen LogP contribution in [0.5, 0.6) is 0 Å².